The summed E-state index contributed by atoms with van der Waals surface area (Å²) in [6.45, 7) is 0. The fraction of sp³-hybridized carbons (Fsp3) is 0.0556. The van der Waals surface area contributed by atoms with E-state index in [0.29, 0.717) is 5.52 Å². The molecule has 1 heterocycles. The molecule has 0 aliphatic heterocycles. The lowest BCUT2D eigenvalue weighted by atomic mass is 10.1. The molecule has 0 saturated heterocycles. The molecular weight excluding hydrogens is 336 g/mol. The van der Waals surface area contributed by atoms with Crippen LogP contribution in [0.2, 0.25) is 0 Å². The van der Waals surface area contributed by atoms with Gasteiger partial charge in [0.1, 0.15) is 5.69 Å². The summed E-state index contributed by atoms with van der Waals surface area (Å²) in [6, 6.07) is 16.6. The molecular formula is C18H14N4O4. The predicted molar refractivity (Wildman–Crippen MR) is 94.2 cm³/mol. The molecule has 8 heteroatoms. The maximum Gasteiger partial charge on any atom is 0.288 e. The summed E-state index contributed by atoms with van der Waals surface area (Å²) in [5, 5.41) is 11.9. The quantitative estimate of drug-likeness (QED) is 0.553. The van der Waals surface area contributed by atoms with Crippen LogP contribution >= 0.6 is 0 Å². The number of nitrogens with one attached hydrogen (secondary N) is 2. The van der Waals surface area contributed by atoms with Crippen LogP contribution < -0.4 is 10.9 Å². The molecule has 0 fully saturated rings. The minimum Gasteiger partial charge on any atom is -0.273 e. The topological polar surface area (TPSA) is 114 Å². The third-order valence-electron chi connectivity index (χ3n) is 3.69. The Morgan fingerprint density at radius 3 is 2.50 bits per heavy atom. The van der Waals surface area contributed by atoms with Gasteiger partial charge in [0, 0.05) is 17.0 Å². The summed E-state index contributed by atoms with van der Waals surface area (Å²) in [6.07, 6.45) is -0.234. The smallest absolute Gasteiger partial charge is 0.273 e. The van der Waals surface area contributed by atoms with Crippen molar-refractivity contribution in [1.29, 1.82) is 0 Å². The van der Waals surface area contributed by atoms with Crippen molar-refractivity contribution in [3.05, 3.63) is 82.0 Å². The van der Waals surface area contributed by atoms with Crippen LogP contribution in [0.3, 0.4) is 0 Å². The first kappa shape index (κ1) is 17.0. The van der Waals surface area contributed by atoms with E-state index in [1.165, 1.54) is 18.2 Å². The molecule has 0 aliphatic carbocycles. The minimum absolute atomic E-state index is 0.148. The summed E-state index contributed by atoms with van der Waals surface area (Å²) in [4.78, 5) is 38.7. The van der Waals surface area contributed by atoms with Crippen LogP contribution in [0.1, 0.15) is 16.1 Å². The van der Waals surface area contributed by atoms with Gasteiger partial charge in [-0.1, -0.05) is 42.5 Å². The van der Waals surface area contributed by atoms with Crippen LogP contribution in [-0.2, 0) is 11.2 Å². The molecule has 2 amide bonds. The molecule has 0 spiro atoms. The summed E-state index contributed by atoms with van der Waals surface area (Å²) >= 11 is 0. The van der Waals surface area contributed by atoms with Crippen LogP contribution in [-0.4, -0.2) is 21.7 Å². The SMILES string of the molecule is O=C(Cc1ccccc1[N+](=O)[O-])NNC(=O)c1ccc2ccccc2n1. The van der Waals surface area contributed by atoms with Crippen molar-refractivity contribution in [3.63, 3.8) is 0 Å². The van der Waals surface area contributed by atoms with E-state index >= 15 is 0 Å². The monoisotopic (exact) mass is 350 g/mol. The van der Waals surface area contributed by atoms with Gasteiger partial charge in [0.15, 0.2) is 0 Å². The first-order valence-electron chi connectivity index (χ1n) is 7.72. The van der Waals surface area contributed by atoms with Gasteiger partial charge in [0.25, 0.3) is 11.6 Å². The minimum atomic E-state index is -0.577. The average molecular weight is 350 g/mol. The van der Waals surface area contributed by atoms with Gasteiger partial charge in [-0.3, -0.25) is 30.6 Å². The highest BCUT2D eigenvalue weighted by atomic mass is 16.6. The van der Waals surface area contributed by atoms with Crippen molar-refractivity contribution in [2.75, 3.05) is 0 Å². The lowest BCUT2D eigenvalue weighted by Gasteiger charge is -2.08. The highest BCUT2D eigenvalue weighted by molar-refractivity contribution is 5.96. The number of amides is 2. The van der Waals surface area contributed by atoms with Crippen molar-refractivity contribution in [3.8, 4) is 0 Å². The molecule has 3 aromatic rings. The molecule has 1 aromatic heterocycles. The van der Waals surface area contributed by atoms with Crippen LogP contribution in [0.4, 0.5) is 5.69 Å². The van der Waals surface area contributed by atoms with Gasteiger partial charge in [0.2, 0.25) is 5.91 Å². The van der Waals surface area contributed by atoms with E-state index in [1.807, 2.05) is 18.2 Å². The molecule has 0 saturated carbocycles. The Kier molecular flexibility index (Phi) is 4.84. The second-order valence-corrected chi connectivity index (χ2v) is 5.45. The van der Waals surface area contributed by atoms with Crippen molar-refractivity contribution in [1.82, 2.24) is 15.8 Å². The number of hydrogen-bond donors (Lipinski definition) is 2. The van der Waals surface area contributed by atoms with Gasteiger partial charge in [-0.05, 0) is 12.1 Å². The number of aromatic nitrogens is 1. The molecule has 0 bridgehead atoms. The second kappa shape index (κ2) is 7.39. The lowest BCUT2D eigenvalue weighted by molar-refractivity contribution is -0.385. The molecule has 2 aromatic carbocycles. The zero-order chi connectivity index (χ0) is 18.5. The Labute approximate surface area is 148 Å². The zero-order valence-corrected chi connectivity index (χ0v) is 13.5. The molecule has 0 aliphatic rings. The molecule has 8 nitrogen and oxygen atoms in total. The van der Waals surface area contributed by atoms with E-state index in [1.54, 1.807) is 24.3 Å². The fourth-order valence-corrected chi connectivity index (χ4v) is 2.44. The maximum absolute atomic E-state index is 12.1. The number of carbonyl (C=O) groups excluding carboxylic acids is 2. The highest BCUT2D eigenvalue weighted by Gasteiger charge is 2.16. The van der Waals surface area contributed by atoms with Crippen LogP contribution in [0.25, 0.3) is 10.9 Å². The summed E-state index contributed by atoms with van der Waals surface area (Å²) in [7, 11) is 0. The Bertz CT molecular complexity index is 1000. The number of carbonyl (C=O) groups is 2. The number of para-hydroxylation sites is 2. The third-order valence-corrected chi connectivity index (χ3v) is 3.69. The van der Waals surface area contributed by atoms with Crippen LogP contribution in [0, 0.1) is 10.1 Å². The van der Waals surface area contributed by atoms with Gasteiger partial charge in [-0.15, -0.1) is 0 Å². The molecule has 2 N–H and O–H groups in total. The Morgan fingerprint density at radius 2 is 1.69 bits per heavy atom. The third kappa shape index (κ3) is 3.81. The van der Waals surface area contributed by atoms with E-state index < -0.39 is 16.7 Å². The first-order valence-corrected chi connectivity index (χ1v) is 7.72. The largest absolute Gasteiger partial charge is 0.288 e. The van der Waals surface area contributed by atoms with Gasteiger partial charge in [-0.25, -0.2) is 4.98 Å². The molecule has 3 rings (SSSR count). The molecule has 130 valence electrons. The zero-order valence-electron chi connectivity index (χ0n) is 13.5. The lowest BCUT2D eigenvalue weighted by Crippen LogP contribution is -2.42. The average Bonchev–Trinajstić information content (AvgIpc) is 2.66. The van der Waals surface area contributed by atoms with E-state index in [9.17, 15) is 19.7 Å². The van der Waals surface area contributed by atoms with Gasteiger partial charge in [0.05, 0.1) is 16.9 Å². The number of fused-ring (bicyclic) bond motifs is 1. The number of nitrogens with zero attached hydrogens (tertiary/aromatic N) is 2. The number of pyridine rings is 1. The van der Waals surface area contributed by atoms with Crippen LogP contribution in [0.15, 0.2) is 60.7 Å². The second-order valence-electron chi connectivity index (χ2n) is 5.45. The van der Waals surface area contributed by atoms with E-state index in [-0.39, 0.29) is 23.4 Å². The predicted octanol–water partition coefficient (Wildman–Crippen LogP) is 2.15. The Balaban J connectivity index is 1.63. The standard InChI is InChI=1S/C18H14N4O4/c23-17(11-13-6-2-4-8-16(13)22(25)26)20-21-18(24)15-10-9-12-5-1-3-7-14(12)19-15/h1-10H,11H2,(H,20,23)(H,21,24). The van der Waals surface area contributed by atoms with Crippen molar-refractivity contribution < 1.29 is 14.5 Å². The first-order chi connectivity index (χ1) is 12.5. The van der Waals surface area contributed by atoms with E-state index in [0.717, 1.165) is 5.39 Å². The van der Waals surface area contributed by atoms with Gasteiger partial charge in [-0.2, -0.15) is 0 Å². The normalized spacial score (nSPS) is 10.3. The van der Waals surface area contributed by atoms with Crippen molar-refractivity contribution >= 4 is 28.4 Å². The maximum atomic E-state index is 12.1. The molecule has 0 unspecified atom stereocenters. The van der Waals surface area contributed by atoms with Crippen LogP contribution in [0.5, 0.6) is 0 Å². The van der Waals surface area contributed by atoms with E-state index in [2.05, 4.69) is 15.8 Å². The molecule has 26 heavy (non-hydrogen) atoms. The molecule has 0 radical (unpaired) electrons. The van der Waals surface area contributed by atoms with E-state index in [4.69, 9.17) is 0 Å². The number of rotatable bonds is 4. The van der Waals surface area contributed by atoms with Crippen molar-refractivity contribution in [2.45, 2.75) is 6.42 Å². The Morgan fingerprint density at radius 1 is 0.962 bits per heavy atom. The highest BCUT2D eigenvalue weighted by Crippen LogP contribution is 2.17. The molecule has 0 atom stereocenters. The summed E-state index contributed by atoms with van der Waals surface area (Å²) in [5.74, 6) is -1.15. The summed E-state index contributed by atoms with van der Waals surface area (Å²) in [5.41, 5.74) is 5.42. The van der Waals surface area contributed by atoms with Gasteiger partial charge < -0.3 is 0 Å². The number of hydrogen-bond acceptors (Lipinski definition) is 5. The number of nitro benzene ring substituents is 1. The Hall–Kier alpha value is -3.81. The van der Waals surface area contributed by atoms with Crippen molar-refractivity contribution in [2.24, 2.45) is 0 Å². The van der Waals surface area contributed by atoms with Gasteiger partial charge >= 0.3 is 0 Å². The number of nitro groups is 1. The number of hydrazine groups is 1. The summed E-state index contributed by atoms with van der Waals surface area (Å²) < 4.78 is 0. The number of benzene rings is 2. The fourth-order valence-electron chi connectivity index (χ4n) is 2.44.